The van der Waals surface area contributed by atoms with Gasteiger partial charge in [-0.05, 0) is 49.8 Å². The lowest BCUT2D eigenvalue weighted by Crippen LogP contribution is -2.26. The van der Waals surface area contributed by atoms with Gasteiger partial charge in [-0.25, -0.2) is 5.43 Å². The van der Waals surface area contributed by atoms with Gasteiger partial charge in [0, 0.05) is 5.69 Å². The van der Waals surface area contributed by atoms with Gasteiger partial charge in [-0.3, -0.25) is 4.79 Å². The number of amides is 1. The van der Waals surface area contributed by atoms with E-state index in [1.807, 2.05) is 80.6 Å². The number of nitrogens with one attached hydrogen (secondary N) is 2. The van der Waals surface area contributed by atoms with Crippen LogP contribution in [0.3, 0.4) is 0 Å². The Labute approximate surface area is 148 Å². The Morgan fingerprint density at radius 3 is 2.52 bits per heavy atom. The predicted octanol–water partition coefficient (Wildman–Crippen LogP) is 3.70. The fourth-order valence-electron chi connectivity index (χ4n) is 2.03. The molecule has 0 saturated heterocycles. The highest BCUT2D eigenvalue weighted by Gasteiger charge is 2.00. The predicted molar refractivity (Wildman–Crippen MR) is 103 cm³/mol. The van der Waals surface area contributed by atoms with E-state index in [9.17, 15) is 4.79 Å². The quantitative estimate of drug-likeness (QED) is 0.570. The normalized spacial score (nSPS) is 11.4. The largest absolute Gasteiger partial charge is 0.494 e. The maximum atomic E-state index is 11.8. The van der Waals surface area contributed by atoms with E-state index in [0.29, 0.717) is 6.61 Å². The van der Waals surface area contributed by atoms with Crippen LogP contribution < -0.4 is 15.5 Å². The smallest absolute Gasteiger partial charge is 0.259 e. The molecule has 2 N–H and O–H groups in total. The van der Waals surface area contributed by atoms with Gasteiger partial charge in [0.2, 0.25) is 0 Å². The van der Waals surface area contributed by atoms with E-state index in [4.69, 9.17) is 4.74 Å². The Morgan fingerprint density at radius 2 is 1.84 bits per heavy atom. The van der Waals surface area contributed by atoms with Crippen LogP contribution in [0.4, 0.5) is 5.69 Å². The summed E-state index contributed by atoms with van der Waals surface area (Å²) in [5, 5.41) is 7.10. The van der Waals surface area contributed by atoms with Crippen LogP contribution in [0.25, 0.3) is 6.08 Å². The molecule has 0 aliphatic rings. The highest BCUT2D eigenvalue weighted by atomic mass is 16.5. The van der Waals surface area contributed by atoms with Crippen LogP contribution in [0.5, 0.6) is 5.75 Å². The number of anilines is 1. The van der Waals surface area contributed by atoms with Crippen molar-refractivity contribution in [2.24, 2.45) is 5.10 Å². The highest BCUT2D eigenvalue weighted by molar-refractivity contribution is 5.97. The number of carbonyl (C=O) groups is 1. The number of carbonyl (C=O) groups excluding carboxylic acids is 1. The maximum Gasteiger partial charge on any atom is 0.259 e. The lowest BCUT2D eigenvalue weighted by atomic mass is 10.2. The zero-order chi connectivity index (χ0) is 17.9. The van der Waals surface area contributed by atoms with Crippen LogP contribution >= 0.6 is 0 Å². The summed E-state index contributed by atoms with van der Waals surface area (Å²) >= 11 is 0. The number of hydrogen-bond acceptors (Lipinski definition) is 4. The van der Waals surface area contributed by atoms with Gasteiger partial charge >= 0.3 is 0 Å². The molecule has 0 spiro atoms. The molecule has 0 atom stereocenters. The van der Waals surface area contributed by atoms with Crippen molar-refractivity contribution in [1.82, 2.24) is 5.43 Å². The standard InChI is InChI=1S/C20H23N3O2/c1-3-25-19-13-11-18(12-14-19)21-15-20(24)23-22-16(2)9-10-17-7-5-4-6-8-17/h4-14,21H,3,15H2,1-2H3,(H,23,24)/b10-9-,22-16-. The van der Waals surface area contributed by atoms with Gasteiger partial charge < -0.3 is 10.1 Å². The van der Waals surface area contributed by atoms with E-state index in [-0.39, 0.29) is 12.5 Å². The molecule has 5 nitrogen and oxygen atoms in total. The van der Waals surface area contributed by atoms with Crippen molar-refractivity contribution < 1.29 is 9.53 Å². The van der Waals surface area contributed by atoms with Gasteiger partial charge in [0.15, 0.2) is 0 Å². The van der Waals surface area contributed by atoms with Gasteiger partial charge in [0.05, 0.1) is 18.9 Å². The lowest BCUT2D eigenvalue weighted by molar-refractivity contribution is -0.119. The Bertz CT molecular complexity index is 722. The Balaban J connectivity index is 1.76. The molecule has 0 saturated carbocycles. The molecule has 0 radical (unpaired) electrons. The first kappa shape index (κ1) is 18.3. The first-order chi connectivity index (χ1) is 12.2. The van der Waals surface area contributed by atoms with E-state index in [1.54, 1.807) is 0 Å². The number of ether oxygens (including phenoxy) is 1. The Morgan fingerprint density at radius 1 is 1.12 bits per heavy atom. The van der Waals surface area contributed by atoms with Crippen molar-refractivity contribution in [2.75, 3.05) is 18.5 Å². The van der Waals surface area contributed by atoms with Gasteiger partial charge in [-0.1, -0.05) is 36.4 Å². The molecular weight excluding hydrogens is 314 g/mol. The molecule has 0 heterocycles. The van der Waals surface area contributed by atoms with E-state index >= 15 is 0 Å². The maximum absolute atomic E-state index is 11.8. The first-order valence-corrected chi connectivity index (χ1v) is 8.20. The molecule has 2 aromatic rings. The zero-order valence-electron chi connectivity index (χ0n) is 14.5. The van der Waals surface area contributed by atoms with Crippen molar-refractivity contribution in [1.29, 1.82) is 0 Å². The molecule has 0 fully saturated rings. The summed E-state index contributed by atoms with van der Waals surface area (Å²) in [5.41, 5.74) is 5.19. The second-order valence-corrected chi connectivity index (χ2v) is 5.34. The Hall–Kier alpha value is -3.08. The molecule has 1 amide bonds. The molecule has 0 aliphatic carbocycles. The number of nitrogens with zero attached hydrogens (tertiary/aromatic N) is 1. The number of benzene rings is 2. The van der Waals surface area contributed by atoms with Crippen molar-refractivity contribution in [3.05, 3.63) is 66.2 Å². The van der Waals surface area contributed by atoms with Crippen LogP contribution in [0, 0.1) is 0 Å². The van der Waals surface area contributed by atoms with Gasteiger partial charge in [0.1, 0.15) is 5.75 Å². The van der Waals surface area contributed by atoms with Crippen LogP contribution in [0.1, 0.15) is 19.4 Å². The van der Waals surface area contributed by atoms with Gasteiger partial charge in [-0.2, -0.15) is 5.10 Å². The minimum Gasteiger partial charge on any atom is -0.494 e. The molecule has 130 valence electrons. The van der Waals surface area contributed by atoms with Crippen molar-refractivity contribution in [3.63, 3.8) is 0 Å². The van der Waals surface area contributed by atoms with Crippen LogP contribution in [-0.4, -0.2) is 24.8 Å². The summed E-state index contributed by atoms with van der Waals surface area (Å²) in [4.78, 5) is 11.8. The first-order valence-electron chi connectivity index (χ1n) is 8.20. The molecule has 0 aromatic heterocycles. The van der Waals surface area contributed by atoms with Crippen molar-refractivity contribution in [3.8, 4) is 5.75 Å². The molecular formula is C20H23N3O2. The minimum atomic E-state index is -0.207. The lowest BCUT2D eigenvalue weighted by Gasteiger charge is -2.07. The number of allylic oxidation sites excluding steroid dienone is 1. The summed E-state index contributed by atoms with van der Waals surface area (Å²) in [5.74, 6) is 0.601. The second-order valence-electron chi connectivity index (χ2n) is 5.34. The molecule has 5 heteroatoms. The minimum absolute atomic E-state index is 0.146. The number of hydrazone groups is 1. The van der Waals surface area contributed by atoms with E-state index in [0.717, 1.165) is 22.7 Å². The number of rotatable bonds is 8. The topological polar surface area (TPSA) is 62.7 Å². The van der Waals surface area contributed by atoms with E-state index < -0.39 is 0 Å². The zero-order valence-corrected chi connectivity index (χ0v) is 14.5. The van der Waals surface area contributed by atoms with E-state index in [1.165, 1.54) is 0 Å². The molecule has 0 aliphatic heterocycles. The van der Waals surface area contributed by atoms with Crippen LogP contribution in [0.15, 0.2) is 65.8 Å². The fraction of sp³-hybridized carbons (Fsp3) is 0.200. The third kappa shape index (κ3) is 6.91. The monoisotopic (exact) mass is 337 g/mol. The molecule has 2 rings (SSSR count). The van der Waals surface area contributed by atoms with Crippen molar-refractivity contribution in [2.45, 2.75) is 13.8 Å². The summed E-state index contributed by atoms with van der Waals surface area (Å²) in [7, 11) is 0. The number of hydrogen-bond donors (Lipinski definition) is 2. The molecule has 25 heavy (non-hydrogen) atoms. The molecule has 2 aromatic carbocycles. The summed E-state index contributed by atoms with van der Waals surface area (Å²) in [6, 6.07) is 17.4. The highest BCUT2D eigenvalue weighted by Crippen LogP contribution is 2.15. The van der Waals surface area contributed by atoms with Crippen LogP contribution in [-0.2, 0) is 4.79 Å². The van der Waals surface area contributed by atoms with E-state index in [2.05, 4.69) is 15.8 Å². The fourth-order valence-corrected chi connectivity index (χ4v) is 2.03. The van der Waals surface area contributed by atoms with Crippen LogP contribution in [0.2, 0.25) is 0 Å². The third-order valence-corrected chi connectivity index (χ3v) is 3.29. The SMILES string of the molecule is CCOc1ccc(NCC(=O)N/N=C(C)\C=C/c2ccccc2)cc1. The summed E-state index contributed by atoms with van der Waals surface area (Å²) < 4.78 is 5.37. The summed E-state index contributed by atoms with van der Waals surface area (Å²) in [6.45, 7) is 4.55. The van der Waals surface area contributed by atoms with Crippen molar-refractivity contribution >= 4 is 23.4 Å². The average Bonchev–Trinajstić information content (AvgIpc) is 2.65. The third-order valence-electron chi connectivity index (χ3n) is 3.29. The average molecular weight is 337 g/mol. The molecule has 0 bridgehead atoms. The Kier molecular flexibility index (Phi) is 7.25. The second kappa shape index (κ2) is 9.93. The van der Waals surface area contributed by atoms with Gasteiger partial charge in [-0.15, -0.1) is 0 Å². The molecule has 0 unspecified atom stereocenters. The van der Waals surface area contributed by atoms with Gasteiger partial charge in [0.25, 0.3) is 5.91 Å². The summed E-state index contributed by atoms with van der Waals surface area (Å²) in [6.07, 6.45) is 3.80.